The summed E-state index contributed by atoms with van der Waals surface area (Å²) in [6.07, 6.45) is 2.02. The van der Waals surface area contributed by atoms with E-state index < -0.39 is 0 Å². The van der Waals surface area contributed by atoms with Gasteiger partial charge in [-0.2, -0.15) is 0 Å². The fraction of sp³-hybridized carbons (Fsp3) is 0.500. The summed E-state index contributed by atoms with van der Waals surface area (Å²) < 4.78 is 0. The van der Waals surface area contributed by atoms with Crippen molar-refractivity contribution in [2.45, 2.75) is 24.9 Å². The van der Waals surface area contributed by atoms with Crippen LogP contribution < -0.4 is 15.5 Å². The molecule has 9 heteroatoms. The van der Waals surface area contributed by atoms with Gasteiger partial charge in [0, 0.05) is 44.8 Å². The molecule has 0 unspecified atom stereocenters. The lowest BCUT2D eigenvalue weighted by Gasteiger charge is -2.47. The molecule has 3 aliphatic heterocycles. The van der Waals surface area contributed by atoms with E-state index in [0.717, 1.165) is 50.5 Å². The van der Waals surface area contributed by atoms with Crippen LogP contribution in [0.15, 0.2) is 30.3 Å². The highest BCUT2D eigenvalue weighted by atomic mass is 16.3. The molecule has 1 aromatic heterocycles. The summed E-state index contributed by atoms with van der Waals surface area (Å²) in [5.74, 6) is 0.940. The molecule has 1 atom stereocenters. The SMILES string of the molecule is CN(C(=O)N1CCN2c3cc(-c4ccccc4O)nnc3NC[C@H]2C1)C1CCNCC1. The second kappa shape index (κ2) is 8.22. The van der Waals surface area contributed by atoms with Crippen LogP contribution in [0.4, 0.5) is 16.3 Å². The first-order valence-corrected chi connectivity index (χ1v) is 11.0. The third-order valence-electron chi connectivity index (χ3n) is 6.68. The van der Waals surface area contributed by atoms with E-state index in [2.05, 4.69) is 25.7 Å². The number of benzene rings is 1. The number of hydrogen-bond acceptors (Lipinski definition) is 7. The average Bonchev–Trinajstić information content (AvgIpc) is 2.83. The molecule has 0 aliphatic carbocycles. The lowest BCUT2D eigenvalue weighted by molar-refractivity contribution is 0.128. The molecule has 0 bridgehead atoms. The quantitative estimate of drug-likeness (QED) is 0.675. The predicted octanol–water partition coefficient (Wildman–Crippen LogP) is 1.57. The number of phenols is 1. The molecule has 4 heterocycles. The number of fused-ring (bicyclic) bond motifs is 3. The first kappa shape index (κ1) is 19.9. The number of nitrogens with zero attached hydrogens (tertiary/aromatic N) is 5. The Morgan fingerprint density at radius 2 is 2.00 bits per heavy atom. The van der Waals surface area contributed by atoms with E-state index in [9.17, 15) is 9.90 Å². The Hall–Kier alpha value is -3.07. The van der Waals surface area contributed by atoms with E-state index in [1.165, 1.54) is 0 Å². The fourth-order valence-electron chi connectivity index (χ4n) is 4.86. The van der Waals surface area contributed by atoms with Gasteiger partial charge in [-0.3, -0.25) is 0 Å². The lowest BCUT2D eigenvalue weighted by atomic mass is 10.0. The van der Waals surface area contributed by atoms with Gasteiger partial charge in [0.2, 0.25) is 0 Å². The number of anilines is 2. The number of amides is 2. The number of para-hydroxylation sites is 1. The minimum absolute atomic E-state index is 0.125. The smallest absolute Gasteiger partial charge is 0.320 e. The largest absolute Gasteiger partial charge is 0.507 e. The third-order valence-corrected chi connectivity index (χ3v) is 6.68. The van der Waals surface area contributed by atoms with Gasteiger partial charge in [0.25, 0.3) is 0 Å². The van der Waals surface area contributed by atoms with Gasteiger partial charge in [-0.1, -0.05) is 12.1 Å². The van der Waals surface area contributed by atoms with Crippen LogP contribution in [0, 0.1) is 0 Å². The molecule has 2 amide bonds. The summed E-state index contributed by atoms with van der Waals surface area (Å²) in [7, 11) is 1.94. The molecule has 2 aromatic rings. The molecule has 1 aromatic carbocycles. The van der Waals surface area contributed by atoms with Gasteiger partial charge in [0.05, 0.1) is 17.4 Å². The maximum absolute atomic E-state index is 13.1. The number of piperidine rings is 1. The number of hydrogen-bond donors (Lipinski definition) is 3. The van der Waals surface area contributed by atoms with E-state index in [1.54, 1.807) is 12.1 Å². The number of piperazine rings is 1. The minimum Gasteiger partial charge on any atom is -0.507 e. The van der Waals surface area contributed by atoms with Crippen LogP contribution in [-0.2, 0) is 0 Å². The third kappa shape index (κ3) is 3.74. The van der Waals surface area contributed by atoms with E-state index in [0.29, 0.717) is 30.4 Å². The Bertz CT molecular complexity index is 963. The molecule has 31 heavy (non-hydrogen) atoms. The van der Waals surface area contributed by atoms with E-state index in [1.807, 2.05) is 35.0 Å². The van der Waals surface area contributed by atoms with Gasteiger partial charge >= 0.3 is 6.03 Å². The molecule has 0 radical (unpaired) electrons. The molecule has 3 aliphatic rings. The molecule has 3 N–H and O–H groups in total. The van der Waals surface area contributed by atoms with Crippen molar-refractivity contribution in [1.29, 1.82) is 0 Å². The summed E-state index contributed by atoms with van der Waals surface area (Å²) in [5, 5.41) is 25.6. The minimum atomic E-state index is 0.125. The molecule has 0 spiro atoms. The monoisotopic (exact) mass is 423 g/mol. The number of nitrogens with one attached hydrogen (secondary N) is 2. The fourth-order valence-corrected chi connectivity index (χ4v) is 4.86. The number of rotatable bonds is 2. The summed E-state index contributed by atoms with van der Waals surface area (Å²) in [4.78, 5) is 19.4. The highest BCUT2D eigenvalue weighted by Gasteiger charge is 2.36. The van der Waals surface area contributed by atoms with Crippen LogP contribution in [0.1, 0.15) is 12.8 Å². The van der Waals surface area contributed by atoms with Gasteiger partial charge in [-0.15, -0.1) is 10.2 Å². The van der Waals surface area contributed by atoms with Crippen molar-refractivity contribution in [3.63, 3.8) is 0 Å². The van der Waals surface area contributed by atoms with Crippen LogP contribution in [-0.4, -0.2) is 89.5 Å². The predicted molar refractivity (Wildman–Crippen MR) is 119 cm³/mol. The van der Waals surface area contributed by atoms with Gasteiger partial charge in [-0.25, -0.2) is 4.79 Å². The van der Waals surface area contributed by atoms with Crippen LogP contribution >= 0.6 is 0 Å². The van der Waals surface area contributed by atoms with Gasteiger partial charge in [-0.05, 0) is 44.1 Å². The highest BCUT2D eigenvalue weighted by molar-refractivity contribution is 5.78. The van der Waals surface area contributed by atoms with Crippen LogP contribution in [0.25, 0.3) is 11.3 Å². The first-order chi connectivity index (χ1) is 15.1. The van der Waals surface area contributed by atoms with Crippen molar-refractivity contribution in [1.82, 2.24) is 25.3 Å². The summed E-state index contributed by atoms with van der Waals surface area (Å²) >= 11 is 0. The number of aromatic nitrogens is 2. The molecule has 9 nitrogen and oxygen atoms in total. The number of urea groups is 1. The number of aromatic hydroxyl groups is 1. The van der Waals surface area contributed by atoms with Crippen molar-refractivity contribution in [2.24, 2.45) is 0 Å². The zero-order chi connectivity index (χ0) is 21.4. The normalized spacial score (nSPS) is 21.1. The summed E-state index contributed by atoms with van der Waals surface area (Å²) in [5.41, 5.74) is 2.28. The van der Waals surface area contributed by atoms with Crippen molar-refractivity contribution >= 4 is 17.5 Å². The van der Waals surface area contributed by atoms with Crippen molar-refractivity contribution in [3.8, 4) is 17.0 Å². The molecule has 164 valence electrons. The van der Waals surface area contributed by atoms with E-state index >= 15 is 0 Å². The van der Waals surface area contributed by atoms with Crippen molar-refractivity contribution in [3.05, 3.63) is 30.3 Å². The lowest BCUT2D eigenvalue weighted by Crippen LogP contribution is -2.61. The van der Waals surface area contributed by atoms with Gasteiger partial charge in [0.15, 0.2) is 5.82 Å². The van der Waals surface area contributed by atoms with Crippen LogP contribution in [0.3, 0.4) is 0 Å². The number of phenolic OH excluding ortho intramolecular Hbond substituents is 1. The Morgan fingerprint density at radius 1 is 1.19 bits per heavy atom. The highest BCUT2D eigenvalue weighted by Crippen LogP contribution is 2.36. The zero-order valence-corrected chi connectivity index (χ0v) is 17.8. The second-order valence-electron chi connectivity index (χ2n) is 8.53. The zero-order valence-electron chi connectivity index (χ0n) is 17.8. The first-order valence-electron chi connectivity index (χ1n) is 11.0. The molecular formula is C22H29N7O2. The molecular weight excluding hydrogens is 394 g/mol. The maximum atomic E-state index is 13.1. The molecule has 0 saturated carbocycles. The number of carbonyl (C=O) groups excluding carboxylic acids is 1. The topological polar surface area (TPSA) is 96.9 Å². The standard InChI is InChI=1S/C22H29N7O2/c1-27(15-6-8-23-9-7-15)22(31)28-10-11-29-16(14-28)13-24-21-19(29)12-18(25-26-21)17-4-2-3-5-20(17)30/h2-5,12,15-16,23,30H,6-11,13-14H2,1H3,(H,24,26)/t16-/m0/s1. The van der Waals surface area contributed by atoms with Gasteiger partial charge in [0.1, 0.15) is 5.75 Å². The number of carbonyl (C=O) groups is 1. The Morgan fingerprint density at radius 3 is 2.81 bits per heavy atom. The molecule has 5 rings (SSSR count). The molecule has 2 fully saturated rings. The van der Waals surface area contributed by atoms with Crippen molar-refractivity contribution < 1.29 is 9.90 Å². The van der Waals surface area contributed by atoms with E-state index in [4.69, 9.17) is 0 Å². The maximum Gasteiger partial charge on any atom is 0.320 e. The molecule has 2 saturated heterocycles. The van der Waals surface area contributed by atoms with Crippen LogP contribution in [0.5, 0.6) is 5.75 Å². The Balaban J connectivity index is 1.33. The second-order valence-corrected chi connectivity index (χ2v) is 8.53. The summed E-state index contributed by atoms with van der Waals surface area (Å²) in [6.45, 7) is 4.77. The average molecular weight is 424 g/mol. The van der Waals surface area contributed by atoms with Crippen LogP contribution in [0.2, 0.25) is 0 Å². The van der Waals surface area contributed by atoms with E-state index in [-0.39, 0.29) is 17.8 Å². The van der Waals surface area contributed by atoms with Crippen molar-refractivity contribution in [2.75, 3.05) is 56.5 Å². The Labute approximate surface area is 182 Å². The Kier molecular flexibility index (Phi) is 5.27. The van der Waals surface area contributed by atoms with Gasteiger partial charge < -0.3 is 30.4 Å². The summed E-state index contributed by atoms with van der Waals surface area (Å²) in [6, 6.07) is 9.75.